The fraction of sp³-hybridized carbons (Fsp3) is 1.00. The van der Waals surface area contributed by atoms with Gasteiger partial charge in [-0.15, -0.1) is 0 Å². The minimum absolute atomic E-state index is 0.498. The molecular weight excluding hydrogens is 158 g/mol. The van der Waals surface area contributed by atoms with Crippen LogP contribution in [0.2, 0.25) is 0 Å². The highest BCUT2D eigenvalue weighted by atomic mass is 14.8. The van der Waals surface area contributed by atoms with Crippen LogP contribution in [-0.4, -0.2) is 13.1 Å². The van der Waals surface area contributed by atoms with Crippen molar-refractivity contribution in [3.63, 3.8) is 0 Å². The van der Waals surface area contributed by atoms with E-state index in [1.165, 1.54) is 19.3 Å². The van der Waals surface area contributed by atoms with E-state index in [9.17, 15) is 0 Å². The van der Waals surface area contributed by atoms with Gasteiger partial charge in [0.05, 0.1) is 0 Å². The predicted octanol–water partition coefficient (Wildman–Crippen LogP) is 3.45. The van der Waals surface area contributed by atoms with Gasteiger partial charge in [-0.3, -0.25) is 0 Å². The molecule has 0 aromatic rings. The third kappa shape index (κ3) is 5.30. The molecule has 0 spiro atoms. The van der Waals surface area contributed by atoms with Gasteiger partial charge >= 0.3 is 0 Å². The zero-order valence-corrected chi connectivity index (χ0v) is 10.1. The standard InChI is InChI=1S/C12H27N/c1-6-8-11(3)12(4,5)9-10-13-7-2/h11,13H,6-10H2,1-5H3. The summed E-state index contributed by atoms with van der Waals surface area (Å²) in [6.45, 7) is 13.9. The lowest BCUT2D eigenvalue weighted by molar-refractivity contribution is 0.198. The largest absolute Gasteiger partial charge is 0.317 e. The summed E-state index contributed by atoms with van der Waals surface area (Å²) in [5.41, 5.74) is 0.498. The Bertz CT molecular complexity index is 118. The Morgan fingerprint density at radius 3 is 2.31 bits per heavy atom. The molecule has 0 aliphatic rings. The molecule has 80 valence electrons. The van der Waals surface area contributed by atoms with E-state index in [0.717, 1.165) is 19.0 Å². The SMILES string of the molecule is CCCC(C)C(C)(C)CCNCC. The Kier molecular flexibility index (Phi) is 6.40. The van der Waals surface area contributed by atoms with Crippen molar-refractivity contribution in [2.45, 2.75) is 53.9 Å². The Morgan fingerprint density at radius 2 is 1.85 bits per heavy atom. The molecule has 0 heterocycles. The van der Waals surface area contributed by atoms with Crippen molar-refractivity contribution in [3.8, 4) is 0 Å². The summed E-state index contributed by atoms with van der Waals surface area (Å²) < 4.78 is 0. The van der Waals surface area contributed by atoms with Gasteiger partial charge in [0.25, 0.3) is 0 Å². The molecule has 0 aromatic heterocycles. The van der Waals surface area contributed by atoms with Crippen molar-refractivity contribution >= 4 is 0 Å². The lowest BCUT2D eigenvalue weighted by Gasteiger charge is -2.32. The summed E-state index contributed by atoms with van der Waals surface area (Å²) in [4.78, 5) is 0. The molecule has 1 N–H and O–H groups in total. The number of hydrogen-bond donors (Lipinski definition) is 1. The molecule has 1 atom stereocenters. The van der Waals surface area contributed by atoms with Gasteiger partial charge in [0.1, 0.15) is 0 Å². The second-order valence-electron chi connectivity index (χ2n) is 4.78. The maximum absolute atomic E-state index is 3.40. The van der Waals surface area contributed by atoms with Gasteiger partial charge < -0.3 is 5.32 Å². The number of nitrogens with one attached hydrogen (secondary N) is 1. The number of rotatable bonds is 7. The van der Waals surface area contributed by atoms with Crippen LogP contribution in [0.4, 0.5) is 0 Å². The molecular formula is C12H27N. The quantitative estimate of drug-likeness (QED) is 0.599. The Labute approximate surface area is 84.3 Å². The average molecular weight is 185 g/mol. The fourth-order valence-corrected chi connectivity index (χ4v) is 1.66. The molecule has 0 saturated carbocycles. The highest BCUT2D eigenvalue weighted by molar-refractivity contribution is 4.75. The van der Waals surface area contributed by atoms with Crippen LogP contribution < -0.4 is 5.32 Å². The van der Waals surface area contributed by atoms with Crippen LogP contribution >= 0.6 is 0 Å². The van der Waals surface area contributed by atoms with Crippen molar-refractivity contribution < 1.29 is 0 Å². The van der Waals surface area contributed by atoms with E-state index in [-0.39, 0.29) is 0 Å². The Hall–Kier alpha value is -0.0400. The van der Waals surface area contributed by atoms with Gasteiger partial charge in [-0.05, 0) is 30.8 Å². The molecule has 0 saturated heterocycles. The second kappa shape index (κ2) is 6.42. The van der Waals surface area contributed by atoms with Crippen LogP contribution in [0.1, 0.15) is 53.9 Å². The highest BCUT2D eigenvalue weighted by Crippen LogP contribution is 2.32. The van der Waals surface area contributed by atoms with E-state index in [0.29, 0.717) is 5.41 Å². The van der Waals surface area contributed by atoms with E-state index < -0.39 is 0 Å². The van der Waals surface area contributed by atoms with Crippen molar-refractivity contribution in [2.75, 3.05) is 13.1 Å². The second-order valence-corrected chi connectivity index (χ2v) is 4.78. The molecule has 0 radical (unpaired) electrons. The van der Waals surface area contributed by atoms with E-state index in [2.05, 4.69) is 39.9 Å². The van der Waals surface area contributed by atoms with E-state index in [1.54, 1.807) is 0 Å². The van der Waals surface area contributed by atoms with Crippen molar-refractivity contribution in [1.82, 2.24) is 5.32 Å². The summed E-state index contributed by atoms with van der Waals surface area (Å²) in [5.74, 6) is 0.844. The van der Waals surface area contributed by atoms with Crippen molar-refractivity contribution in [1.29, 1.82) is 0 Å². The van der Waals surface area contributed by atoms with Crippen LogP contribution in [0.15, 0.2) is 0 Å². The first-order chi connectivity index (χ1) is 6.04. The molecule has 1 heteroatoms. The first-order valence-corrected chi connectivity index (χ1v) is 5.75. The minimum atomic E-state index is 0.498. The maximum Gasteiger partial charge on any atom is -0.00438 e. The Balaban J connectivity index is 3.76. The predicted molar refractivity (Wildman–Crippen MR) is 61.0 cm³/mol. The summed E-state index contributed by atoms with van der Waals surface area (Å²) in [5, 5.41) is 3.40. The molecule has 13 heavy (non-hydrogen) atoms. The fourth-order valence-electron chi connectivity index (χ4n) is 1.66. The smallest absolute Gasteiger partial charge is 0.00438 e. The van der Waals surface area contributed by atoms with E-state index >= 15 is 0 Å². The van der Waals surface area contributed by atoms with Crippen LogP contribution in [0.25, 0.3) is 0 Å². The van der Waals surface area contributed by atoms with Gasteiger partial charge in [-0.2, -0.15) is 0 Å². The van der Waals surface area contributed by atoms with Gasteiger partial charge in [0.2, 0.25) is 0 Å². The molecule has 1 unspecified atom stereocenters. The summed E-state index contributed by atoms with van der Waals surface area (Å²) in [7, 11) is 0. The summed E-state index contributed by atoms with van der Waals surface area (Å²) >= 11 is 0. The molecule has 0 fully saturated rings. The molecule has 0 aliphatic heterocycles. The third-order valence-corrected chi connectivity index (χ3v) is 3.25. The normalized spacial score (nSPS) is 14.5. The van der Waals surface area contributed by atoms with Gasteiger partial charge in [0.15, 0.2) is 0 Å². The molecule has 0 bridgehead atoms. The zero-order valence-electron chi connectivity index (χ0n) is 10.1. The van der Waals surface area contributed by atoms with Crippen molar-refractivity contribution in [2.24, 2.45) is 11.3 Å². The monoisotopic (exact) mass is 185 g/mol. The maximum atomic E-state index is 3.40. The third-order valence-electron chi connectivity index (χ3n) is 3.25. The van der Waals surface area contributed by atoms with Crippen LogP contribution in [0, 0.1) is 11.3 Å². The van der Waals surface area contributed by atoms with Gasteiger partial charge in [0, 0.05) is 0 Å². The van der Waals surface area contributed by atoms with Gasteiger partial charge in [-0.25, -0.2) is 0 Å². The molecule has 0 aliphatic carbocycles. The molecule has 0 rings (SSSR count). The van der Waals surface area contributed by atoms with E-state index in [1.807, 2.05) is 0 Å². The average Bonchev–Trinajstić information content (AvgIpc) is 2.05. The minimum Gasteiger partial charge on any atom is -0.317 e. The number of hydrogen-bond acceptors (Lipinski definition) is 1. The Morgan fingerprint density at radius 1 is 1.23 bits per heavy atom. The first-order valence-electron chi connectivity index (χ1n) is 5.75. The van der Waals surface area contributed by atoms with E-state index in [4.69, 9.17) is 0 Å². The van der Waals surface area contributed by atoms with Crippen LogP contribution in [0.3, 0.4) is 0 Å². The van der Waals surface area contributed by atoms with Crippen molar-refractivity contribution in [3.05, 3.63) is 0 Å². The highest BCUT2D eigenvalue weighted by Gasteiger charge is 2.24. The molecule has 0 aromatic carbocycles. The first kappa shape index (κ1) is 13.0. The lowest BCUT2D eigenvalue weighted by Crippen LogP contribution is -2.27. The summed E-state index contributed by atoms with van der Waals surface area (Å²) in [6.07, 6.45) is 3.97. The topological polar surface area (TPSA) is 12.0 Å². The summed E-state index contributed by atoms with van der Waals surface area (Å²) in [6, 6.07) is 0. The molecule has 0 amide bonds. The molecule has 1 nitrogen and oxygen atoms in total. The van der Waals surface area contributed by atoms with Crippen LogP contribution in [-0.2, 0) is 0 Å². The zero-order chi connectivity index (χ0) is 10.3. The van der Waals surface area contributed by atoms with Gasteiger partial charge in [-0.1, -0.05) is 47.5 Å². The van der Waals surface area contributed by atoms with Crippen LogP contribution in [0.5, 0.6) is 0 Å². The lowest BCUT2D eigenvalue weighted by atomic mass is 9.75.